The lowest BCUT2D eigenvalue weighted by Crippen LogP contribution is -2.31. The summed E-state index contributed by atoms with van der Waals surface area (Å²) in [6.07, 6.45) is 3.71. The molecule has 1 atom stereocenters. The molecule has 0 radical (unpaired) electrons. The number of rotatable bonds is 7. The molecule has 1 fully saturated rings. The van der Waals surface area contributed by atoms with Crippen LogP contribution < -0.4 is 5.56 Å². The first-order valence-electron chi connectivity index (χ1n) is 10.7. The first-order valence-corrected chi connectivity index (χ1v) is 12.6. The van der Waals surface area contributed by atoms with E-state index >= 15 is 0 Å². The summed E-state index contributed by atoms with van der Waals surface area (Å²) < 4.78 is 25.1. The van der Waals surface area contributed by atoms with Gasteiger partial charge in [-0.25, -0.2) is 13.4 Å². The highest BCUT2D eigenvalue weighted by Crippen LogP contribution is 2.35. The van der Waals surface area contributed by atoms with Gasteiger partial charge in [0.15, 0.2) is 9.84 Å². The van der Waals surface area contributed by atoms with Crippen LogP contribution in [0, 0.1) is 0 Å². The number of para-hydroxylation sites is 1. The molecule has 1 amide bonds. The van der Waals surface area contributed by atoms with E-state index in [0.717, 1.165) is 18.4 Å². The van der Waals surface area contributed by atoms with Gasteiger partial charge in [0.05, 0.1) is 21.8 Å². The molecule has 0 bridgehead atoms. The number of aryl methyl sites for hydroxylation is 1. The molecule has 3 aromatic rings. The van der Waals surface area contributed by atoms with Gasteiger partial charge in [-0.3, -0.25) is 14.2 Å². The summed E-state index contributed by atoms with van der Waals surface area (Å²) in [7, 11) is -1.53. The van der Waals surface area contributed by atoms with Crippen LogP contribution >= 0.6 is 0 Å². The molecule has 0 saturated heterocycles. The van der Waals surface area contributed by atoms with E-state index in [-0.39, 0.29) is 34.9 Å². The second kappa shape index (κ2) is 8.50. The molecule has 0 spiro atoms. The van der Waals surface area contributed by atoms with E-state index in [1.165, 1.54) is 6.26 Å². The van der Waals surface area contributed by atoms with Gasteiger partial charge >= 0.3 is 0 Å². The summed E-state index contributed by atoms with van der Waals surface area (Å²) in [6.45, 7) is 1.90. The highest BCUT2D eigenvalue weighted by atomic mass is 32.2. The smallest absolute Gasteiger partial charge is 0.261 e. The van der Waals surface area contributed by atoms with Crippen LogP contribution in [0.4, 0.5) is 0 Å². The number of hydrogen-bond acceptors (Lipinski definition) is 5. The summed E-state index contributed by atoms with van der Waals surface area (Å²) in [5.74, 6) is 0.595. The Morgan fingerprint density at radius 3 is 2.44 bits per heavy atom. The van der Waals surface area contributed by atoms with Crippen molar-refractivity contribution >= 4 is 26.6 Å². The van der Waals surface area contributed by atoms with Gasteiger partial charge in [0.2, 0.25) is 5.91 Å². The van der Waals surface area contributed by atoms with Crippen molar-refractivity contribution in [3.63, 3.8) is 0 Å². The maximum absolute atomic E-state index is 13.0. The van der Waals surface area contributed by atoms with Crippen LogP contribution in [0.15, 0.2) is 58.2 Å². The third-order valence-corrected chi connectivity index (χ3v) is 7.25. The van der Waals surface area contributed by atoms with Crippen molar-refractivity contribution < 1.29 is 13.2 Å². The predicted molar refractivity (Wildman–Crippen MR) is 123 cm³/mol. The highest BCUT2D eigenvalue weighted by Gasteiger charge is 2.28. The maximum atomic E-state index is 13.0. The lowest BCUT2D eigenvalue weighted by atomic mass is 10.1. The van der Waals surface area contributed by atoms with Crippen LogP contribution in [0.1, 0.15) is 49.7 Å². The third kappa shape index (κ3) is 4.46. The Morgan fingerprint density at radius 2 is 1.81 bits per heavy atom. The van der Waals surface area contributed by atoms with Crippen LogP contribution in [0.2, 0.25) is 0 Å². The van der Waals surface area contributed by atoms with E-state index in [2.05, 4.69) is 0 Å². The molecule has 1 aliphatic rings. The van der Waals surface area contributed by atoms with Crippen LogP contribution in [0.5, 0.6) is 0 Å². The van der Waals surface area contributed by atoms with E-state index in [1.54, 1.807) is 46.8 Å². The number of aromatic nitrogens is 2. The van der Waals surface area contributed by atoms with E-state index in [9.17, 15) is 18.0 Å². The molecule has 2 aromatic carbocycles. The Kier molecular flexibility index (Phi) is 5.90. The Bertz CT molecular complexity index is 1330. The quantitative estimate of drug-likeness (QED) is 0.548. The van der Waals surface area contributed by atoms with Gasteiger partial charge in [0.1, 0.15) is 5.82 Å². The van der Waals surface area contributed by atoms with E-state index < -0.39 is 9.84 Å². The fraction of sp³-hybridized carbons (Fsp3) is 0.375. The summed E-state index contributed by atoms with van der Waals surface area (Å²) in [4.78, 5) is 32.5. The molecule has 7 nitrogen and oxygen atoms in total. The molecule has 0 N–H and O–H groups in total. The van der Waals surface area contributed by atoms with Gasteiger partial charge in [-0.1, -0.05) is 24.3 Å². The number of nitrogens with zero attached hydrogens (tertiary/aromatic N) is 3. The summed E-state index contributed by atoms with van der Waals surface area (Å²) in [6, 6.07) is 13.9. The van der Waals surface area contributed by atoms with Crippen molar-refractivity contribution in [3.8, 4) is 0 Å². The topological polar surface area (TPSA) is 89.3 Å². The number of carbonyl (C=O) groups excluding carboxylic acids is 1. The maximum Gasteiger partial charge on any atom is 0.261 e. The highest BCUT2D eigenvalue weighted by molar-refractivity contribution is 7.90. The van der Waals surface area contributed by atoms with E-state index in [4.69, 9.17) is 4.98 Å². The Hall–Kier alpha value is -3.00. The number of benzene rings is 2. The van der Waals surface area contributed by atoms with Crippen LogP contribution in [0.3, 0.4) is 0 Å². The lowest BCUT2D eigenvalue weighted by Gasteiger charge is -2.26. The standard InChI is InChI=1S/C24H27N3O4S/c1-16(17-8-12-19(13-9-17)32(3,30)31)26(2)23(28)15-14-22-25-21-7-5-4-6-20(21)24(29)27(22)18-10-11-18/h4-9,12-13,16,18H,10-11,14-15H2,1-3H3. The molecule has 0 aliphatic heterocycles. The van der Waals surface area contributed by atoms with Crippen molar-refractivity contribution in [1.82, 2.24) is 14.5 Å². The number of sulfone groups is 1. The molecule has 168 valence electrons. The summed E-state index contributed by atoms with van der Waals surface area (Å²) in [5.41, 5.74) is 1.48. The van der Waals surface area contributed by atoms with Crippen LogP contribution in [-0.4, -0.2) is 42.1 Å². The number of carbonyl (C=O) groups is 1. The molecule has 8 heteroatoms. The normalized spacial score (nSPS) is 15.0. The lowest BCUT2D eigenvalue weighted by molar-refractivity contribution is -0.131. The predicted octanol–water partition coefficient (Wildman–Crippen LogP) is 3.29. The number of amides is 1. The Balaban J connectivity index is 1.50. The largest absolute Gasteiger partial charge is 0.339 e. The second-order valence-electron chi connectivity index (χ2n) is 8.47. The molecule has 1 unspecified atom stereocenters. The average Bonchev–Trinajstić information content (AvgIpc) is 3.61. The van der Waals surface area contributed by atoms with E-state index in [0.29, 0.717) is 23.1 Å². The molecular formula is C24H27N3O4S. The fourth-order valence-corrected chi connectivity index (χ4v) is 4.54. The van der Waals surface area contributed by atoms with Gasteiger partial charge in [0.25, 0.3) is 5.56 Å². The van der Waals surface area contributed by atoms with E-state index in [1.807, 2.05) is 25.1 Å². The molecule has 1 heterocycles. The van der Waals surface area contributed by atoms with Gasteiger partial charge < -0.3 is 4.90 Å². The zero-order valence-electron chi connectivity index (χ0n) is 18.5. The van der Waals surface area contributed by atoms with Crippen molar-refractivity contribution in [1.29, 1.82) is 0 Å². The monoisotopic (exact) mass is 453 g/mol. The summed E-state index contributed by atoms with van der Waals surface area (Å²) in [5, 5.41) is 0.609. The molecule has 1 aliphatic carbocycles. The average molecular weight is 454 g/mol. The Morgan fingerprint density at radius 1 is 1.16 bits per heavy atom. The minimum Gasteiger partial charge on any atom is -0.339 e. The minimum absolute atomic E-state index is 0.0340. The molecule has 1 saturated carbocycles. The minimum atomic E-state index is -3.26. The zero-order chi connectivity index (χ0) is 23.0. The van der Waals surface area contributed by atoms with Crippen molar-refractivity contribution in [2.75, 3.05) is 13.3 Å². The number of hydrogen-bond donors (Lipinski definition) is 0. The molecule has 32 heavy (non-hydrogen) atoms. The van der Waals surface area contributed by atoms with Gasteiger partial charge in [-0.05, 0) is 49.6 Å². The third-order valence-electron chi connectivity index (χ3n) is 6.12. The van der Waals surface area contributed by atoms with Crippen molar-refractivity contribution in [3.05, 3.63) is 70.3 Å². The van der Waals surface area contributed by atoms with Crippen molar-refractivity contribution in [2.45, 2.75) is 49.6 Å². The second-order valence-corrected chi connectivity index (χ2v) is 10.5. The van der Waals surface area contributed by atoms with Gasteiger partial charge in [0, 0.05) is 32.2 Å². The first kappa shape index (κ1) is 22.2. The zero-order valence-corrected chi connectivity index (χ0v) is 19.3. The molecule has 1 aromatic heterocycles. The van der Waals surface area contributed by atoms with Crippen LogP contribution in [-0.2, 0) is 21.1 Å². The number of fused-ring (bicyclic) bond motifs is 1. The van der Waals surface area contributed by atoms with Crippen molar-refractivity contribution in [2.24, 2.45) is 0 Å². The molecule has 4 rings (SSSR count). The fourth-order valence-electron chi connectivity index (χ4n) is 3.91. The first-order chi connectivity index (χ1) is 15.2. The van der Waals surface area contributed by atoms with Gasteiger partial charge in [-0.15, -0.1) is 0 Å². The summed E-state index contributed by atoms with van der Waals surface area (Å²) >= 11 is 0. The van der Waals surface area contributed by atoms with Gasteiger partial charge in [-0.2, -0.15) is 0 Å². The SMILES string of the molecule is CC(c1ccc(S(C)(=O)=O)cc1)N(C)C(=O)CCc1nc2ccccc2c(=O)n1C1CC1. The Labute approximate surface area is 187 Å². The molecular weight excluding hydrogens is 426 g/mol. The van der Waals surface area contributed by atoms with Crippen LogP contribution in [0.25, 0.3) is 10.9 Å².